The van der Waals surface area contributed by atoms with E-state index >= 15 is 8.78 Å². The van der Waals surface area contributed by atoms with Gasteiger partial charge in [-0.25, -0.2) is 31.9 Å². The number of H-pyrrole nitrogens is 1. The van der Waals surface area contributed by atoms with Crippen LogP contribution in [0.5, 0.6) is 0 Å². The van der Waals surface area contributed by atoms with Crippen molar-refractivity contribution in [3.63, 3.8) is 0 Å². The lowest BCUT2D eigenvalue weighted by molar-refractivity contribution is 0.381. The minimum absolute atomic E-state index is 0.128. The van der Waals surface area contributed by atoms with E-state index in [1.54, 1.807) is 24.3 Å². The Balaban J connectivity index is 1.84. The summed E-state index contributed by atoms with van der Waals surface area (Å²) in [6.45, 7) is 5.78. The Bertz CT molecular complexity index is 1900. The van der Waals surface area contributed by atoms with Gasteiger partial charge in [0.1, 0.15) is 0 Å². The van der Waals surface area contributed by atoms with Crippen molar-refractivity contribution in [1.29, 1.82) is 0 Å². The number of nitrogens with zero attached hydrogens (tertiary/aromatic N) is 2. The number of fused-ring (bicyclic) bond motifs is 8. The van der Waals surface area contributed by atoms with E-state index in [0.29, 0.717) is 28.0 Å². The van der Waals surface area contributed by atoms with Crippen LogP contribution in [0, 0.1) is 42.9 Å². The van der Waals surface area contributed by atoms with Gasteiger partial charge < -0.3 is 4.98 Å². The molecule has 0 saturated carbocycles. The molecule has 0 spiro atoms. The Hall–Kier alpha value is -4.11. The zero-order valence-electron chi connectivity index (χ0n) is 21.0. The molecule has 2 aliphatic heterocycles. The lowest BCUT2D eigenvalue weighted by Crippen LogP contribution is -2.04. The summed E-state index contributed by atoms with van der Waals surface area (Å²) in [5.74, 6) is -9.97. The SMILES string of the molecule is CCc1c2nc(c(C)c3nc(c(C)c4ccc(s4)c(-c4c(F)c(F)c(F)c(F)c4F)c4ccc1[nH]4)C=C3)C=C2. The fraction of sp³-hybridized carbons (Fsp3) is 0.133. The van der Waals surface area contributed by atoms with Crippen LogP contribution in [0.3, 0.4) is 0 Å². The summed E-state index contributed by atoms with van der Waals surface area (Å²) in [4.78, 5) is 12.7. The van der Waals surface area contributed by atoms with Crippen LogP contribution in [-0.2, 0) is 6.42 Å². The number of halogens is 5. The molecule has 0 saturated heterocycles. The fourth-order valence-electron chi connectivity index (χ4n) is 4.89. The van der Waals surface area contributed by atoms with Gasteiger partial charge in [0, 0.05) is 37.1 Å². The van der Waals surface area contributed by atoms with Gasteiger partial charge in [-0.2, -0.15) is 0 Å². The second-order valence-corrected chi connectivity index (χ2v) is 10.4. The number of thiophene rings is 1. The number of aromatic amines is 1. The van der Waals surface area contributed by atoms with E-state index in [1.165, 1.54) is 11.3 Å². The summed E-state index contributed by atoms with van der Waals surface area (Å²) in [5.41, 5.74) is 5.22. The molecule has 5 heterocycles. The van der Waals surface area contributed by atoms with Crippen LogP contribution >= 0.6 is 11.3 Å². The molecular weight excluding hydrogens is 529 g/mol. The number of hydrogen-bond acceptors (Lipinski definition) is 3. The number of rotatable bonds is 2. The Kier molecular flexibility index (Phi) is 5.99. The molecule has 6 rings (SSSR count). The zero-order valence-corrected chi connectivity index (χ0v) is 21.8. The second-order valence-electron chi connectivity index (χ2n) is 9.28. The molecule has 3 aromatic heterocycles. The molecule has 0 aliphatic carbocycles. The van der Waals surface area contributed by atoms with Gasteiger partial charge >= 0.3 is 0 Å². The van der Waals surface area contributed by atoms with E-state index in [4.69, 9.17) is 9.97 Å². The van der Waals surface area contributed by atoms with Gasteiger partial charge in [-0.05, 0) is 74.4 Å². The predicted octanol–water partition coefficient (Wildman–Crippen LogP) is 8.93. The van der Waals surface area contributed by atoms with Crippen LogP contribution in [0.4, 0.5) is 22.0 Å². The summed E-state index contributed by atoms with van der Waals surface area (Å²) in [5, 5.41) is 0. The van der Waals surface area contributed by atoms with Crippen molar-refractivity contribution in [2.75, 3.05) is 0 Å². The molecular formula is C30H20F5N3S. The predicted molar refractivity (Wildman–Crippen MR) is 146 cm³/mol. The molecule has 0 fully saturated rings. The fourth-order valence-corrected chi connectivity index (χ4v) is 5.97. The second kappa shape index (κ2) is 9.27. The molecule has 0 radical (unpaired) electrons. The van der Waals surface area contributed by atoms with Crippen molar-refractivity contribution in [2.24, 2.45) is 0 Å². The molecule has 1 N–H and O–H groups in total. The molecule has 39 heavy (non-hydrogen) atoms. The molecule has 0 atom stereocenters. The Morgan fingerprint density at radius 3 is 1.77 bits per heavy atom. The van der Waals surface area contributed by atoms with Crippen LogP contribution in [0.1, 0.15) is 46.4 Å². The van der Waals surface area contributed by atoms with E-state index in [2.05, 4.69) is 4.98 Å². The normalized spacial score (nSPS) is 12.5. The number of aryl methyl sites for hydroxylation is 2. The Morgan fingerprint density at radius 2 is 1.13 bits per heavy atom. The summed E-state index contributed by atoms with van der Waals surface area (Å²) >= 11 is 1.18. The number of benzene rings is 1. The topological polar surface area (TPSA) is 41.6 Å². The summed E-state index contributed by atoms with van der Waals surface area (Å²) < 4.78 is 74.1. The monoisotopic (exact) mass is 549 g/mol. The average Bonchev–Trinajstić information content (AvgIpc) is 3.75. The zero-order chi connectivity index (χ0) is 27.6. The van der Waals surface area contributed by atoms with Crippen LogP contribution in [0.25, 0.3) is 55.9 Å². The highest BCUT2D eigenvalue weighted by molar-refractivity contribution is 7.24. The summed E-state index contributed by atoms with van der Waals surface area (Å²) in [6.07, 6.45) is 8.15. The lowest BCUT2D eigenvalue weighted by Gasteiger charge is -2.09. The third kappa shape index (κ3) is 3.91. The largest absolute Gasteiger partial charge is 0.355 e. The van der Waals surface area contributed by atoms with Gasteiger partial charge in [0.2, 0.25) is 5.82 Å². The molecule has 3 nitrogen and oxygen atoms in total. The molecule has 9 heteroatoms. The van der Waals surface area contributed by atoms with Gasteiger partial charge in [-0.3, -0.25) is 0 Å². The van der Waals surface area contributed by atoms with E-state index in [0.717, 1.165) is 32.8 Å². The molecule has 196 valence electrons. The first-order valence-electron chi connectivity index (χ1n) is 12.2. The van der Waals surface area contributed by atoms with Gasteiger partial charge in [0.15, 0.2) is 23.3 Å². The van der Waals surface area contributed by atoms with Crippen molar-refractivity contribution in [2.45, 2.75) is 27.2 Å². The van der Waals surface area contributed by atoms with Crippen molar-refractivity contribution < 1.29 is 22.0 Å². The minimum Gasteiger partial charge on any atom is -0.355 e. The van der Waals surface area contributed by atoms with Gasteiger partial charge in [0.05, 0.1) is 28.3 Å². The van der Waals surface area contributed by atoms with E-state index in [1.807, 2.05) is 45.1 Å². The van der Waals surface area contributed by atoms with Gasteiger partial charge in [-0.15, -0.1) is 11.3 Å². The first-order valence-corrected chi connectivity index (χ1v) is 13.0. The van der Waals surface area contributed by atoms with Crippen LogP contribution in [0.15, 0.2) is 24.3 Å². The van der Waals surface area contributed by atoms with Gasteiger partial charge in [-0.1, -0.05) is 6.92 Å². The van der Waals surface area contributed by atoms with Crippen molar-refractivity contribution >= 4 is 56.1 Å². The maximum absolute atomic E-state index is 15.2. The highest BCUT2D eigenvalue weighted by Crippen LogP contribution is 2.39. The molecule has 8 bridgehead atoms. The number of nitrogens with one attached hydrogen (secondary N) is 1. The van der Waals surface area contributed by atoms with Crippen molar-refractivity contribution in [3.8, 4) is 11.1 Å². The lowest BCUT2D eigenvalue weighted by atomic mass is 10.0. The van der Waals surface area contributed by atoms with E-state index in [9.17, 15) is 13.2 Å². The van der Waals surface area contributed by atoms with Crippen molar-refractivity contribution in [3.05, 3.63) is 92.8 Å². The van der Waals surface area contributed by atoms with Gasteiger partial charge in [0.25, 0.3) is 0 Å². The average molecular weight is 550 g/mol. The summed E-state index contributed by atoms with van der Waals surface area (Å²) in [7, 11) is 0. The first kappa shape index (κ1) is 25.2. The van der Waals surface area contributed by atoms with E-state index < -0.39 is 34.6 Å². The summed E-state index contributed by atoms with van der Waals surface area (Å²) in [6, 6.07) is 6.67. The third-order valence-electron chi connectivity index (χ3n) is 7.06. The molecule has 2 aliphatic rings. The smallest absolute Gasteiger partial charge is 0.200 e. The first-order chi connectivity index (χ1) is 18.7. The molecule has 4 aromatic rings. The minimum atomic E-state index is -2.20. The van der Waals surface area contributed by atoms with Crippen LogP contribution in [0.2, 0.25) is 0 Å². The Labute approximate surface area is 224 Å². The third-order valence-corrected chi connectivity index (χ3v) is 8.28. The molecule has 1 aromatic carbocycles. The Morgan fingerprint density at radius 1 is 0.615 bits per heavy atom. The number of hydrogen-bond donors (Lipinski definition) is 1. The highest BCUT2D eigenvalue weighted by atomic mass is 32.1. The quantitative estimate of drug-likeness (QED) is 0.133. The molecule has 0 unspecified atom stereocenters. The highest BCUT2D eigenvalue weighted by Gasteiger charge is 2.28. The van der Waals surface area contributed by atoms with E-state index in [-0.39, 0.29) is 11.1 Å². The van der Waals surface area contributed by atoms with Crippen molar-refractivity contribution in [1.82, 2.24) is 15.0 Å². The standard InChI is InChI=1S/C30H20F5N3S/c1-4-15-19-8-7-17(37-19)13(2)16-5-6-18(36-16)14(3)22-11-12-23(39-22)24(21-10-9-20(15)38-21)25-26(31)28(33)30(35)29(34)27(25)32/h5-12,38H,4H2,1-3H3. The maximum Gasteiger partial charge on any atom is 0.200 e. The van der Waals surface area contributed by atoms with Crippen LogP contribution < -0.4 is 0 Å². The van der Waals surface area contributed by atoms with Crippen LogP contribution in [-0.4, -0.2) is 15.0 Å². The molecule has 0 amide bonds. The number of aromatic nitrogens is 3. The maximum atomic E-state index is 15.2.